The number of hydrogen-bond donors (Lipinski definition) is 1. The van der Waals surface area contributed by atoms with E-state index in [0.29, 0.717) is 0 Å². The predicted octanol–water partition coefficient (Wildman–Crippen LogP) is 0.694. The van der Waals surface area contributed by atoms with Crippen LogP contribution < -0.4 is 5.32 Å². The molecular weight excluding hydrogens is 216 g/mol. The average Bonchev–Trinajstić information content (AvgIpc) is 2.78. The van der Waals surface area contributed by atoms with Crippen LogP contribution in [0.4, 0.5) is 0 Å². The Morgan fingerprint density at radius 2 is 2.06 bits per heavy atom. The number of aromatic nitrogens is 5. The maximum absolute atomic E-state index is 4.27. The first-order chi connectivity index (χ1) is 8.33. The summed E-state index contributed by atoms with van der Waals surface area (Å²) in [6, 6.07) is 1.69. The summed E-state index contributed by atoms with van der Waals surface area (Å²) in [5.74, 6) is 1.54. The summed E-state index contributed by atoms with van der Waals surface area (Å²) in [5.41, 5.74) is 0. The van der Waals surface area contributed by atoms with Gasteiger partial charge in [0.15, 0.2) is 11.6 Å². The molecule has 0 fully saturated rings. The molecule has 6 nitrogen and oxygen atoms in total. The van der Waals surface area contributed by atoms with E-state index < -0.39 is 0 Å². The first-order valence-electron chi connectivity index (χ1n) is 5.67. The van der Waals surface area contributed by atoms with E-state index in [1.54, 1.807) is 29.5 Å². The van der Waals surface area contributed by atoms with E-state index in [4.69, 9.17) is 0 Å². The SMILES string of the molecule is CCCNC(c1ncccn1)c1ncnn1C. The molecule has 0 aliphatic rings. The van der Waals surface area contributed by atoms with Crippen molar-refractivity contribution >= 4 is 0 Å². The van der Waals surface area contributed by atoms with Gasteiger partial charge >= 0.3 is 0 Å². The van der Waals surface area contributed by atoms with Gasteiger partial charge in [0, 0.05) is 19.4 Å². The molecule has 90 valence electrons. The lowest BCUT2D eigenvalue weighted by Gasteiger charge is -2.15. The van der Waals surface area contributed by atoms with Crippen LogP contribution >= 0.6 is 0 Å². The molecule has 2 heterocycles. The lowest BCUT2D eigenvalue weighted by atomic mass is 10.2. The normalized spacial score (nSPS) is 12.6. The summed E-state index contributed by atoms with van der Waals surface area (Å²) in [6.45, 7) is 3.00. The van der Waals surface area contributed by atoms with E-state index in [-0.39, 0.29) is 6.04 Å². The molecule has 2 aromatic heterocycles. The van der Waals surface area contributed by atoms with Gasteiger partial charge in [-0.3, -0.25) is 4.68 Å². The quantitative estimate of drug-likeness (QED) is 0.821. The molecule has 0 aliphatic carbocycles. The second-order valence-electron chi connectivity index (χ2n) is 3.74. The highest BCUT2D eigenvalue weighted by molar-refractivity contribution is 5.09. The van der Waals surface area contributed by atoms with Crippen molar-refractivity contribution in [1.82, 2.24) is 30.0 Å². The van der Waals surface area contributed by atoms with Crippen molar-refractivity contribution < 1.29 is 0 Å². The third kappa shape index (κ3) is 2.65. The Hall–Kier alpha value is -1.82. The van der Waals surface area contributed by atoms with Gasteiger partial charge in [-0.2, -0.15) is 5.10 Å². The third-order valence-corrected chi connectivity index (χ3v) is 2.45. The van der Waals surface area contributed by atoms with E-state index in [2.05, 4.69) is 32.3 Å². The molecule has 0 saturated carbocycles. The van der Waals surface area contributed by atoms with Crippen LogP contribution in [0, 0.1) is 0 Å². The molecule has 0 aliphatic heterocycles. The van der Waals surface area contributed by atoms with E-state index >= 15 is 0 Å². The van der Waals surface area contributed by atoms with Crippen LogP contribution in [0.5, 0.6) is 0 Å². The summed E-state index contributed by atoms with van der Waals surface area (Å²) in [4.78, 5) is 12.8. The number of hydrogen-bond acceptors (Lipinski definition) is 5. The summed E-state index contributed by atoms with van der Waals surface area (Å²) in [5, 5.41) is 7.46. The first kappa shape index (κ1) is 11.7. The molecule has 1 N–H and O–H groups in total. The van der Waals surface area contributed by atoms with Crippen LogP contribution in [0.3, 0.4) is 0 Å². The van der Waals surface area contributed by atoms with Crippen molar-refractivity contribution in [2.45, 2.75) is 19.4 Å². The van der Waals surface area contributed by atoms with E-state index in [1.807, 2.05) is 7.05 Å². The Morgan fingerprint density at radius 3 is 2.65 bits per heavy atom. The molecule has 0 radical (unpaired) electrons. The van der Waals surface area contributed by atoms with Gasteiger partial charge < -0.3 is 5.32 Å². The minimum atomic E-state index is -0.108. The number of nitrogens with zero attached hydrogens (tertiary/aromatic N) is 5. The molecule has 0 spiro atoms. The van der Waals surface area contributed by atoms with Crippen LogP contribution in [0.1, 0.15) is 31.0 Å². The van der Waals surface area contributed by atoms with Crippen LogP contribution in [0.2, 0.25) is 0 Å². The molecule has 17 heavy (non-hydrogen) atoms. The number of rotatable bonds is 5. The molecule has 2 rings (SSSR count). The van der Waals surface area contributed by atoms with Crippen molar-refractivity contribution in [2.24, 2.45) is 7.05 Å². The van der Waals surface area contributed by atoms with Gasteiger partial charge in [-0.05, 0) is 19.0 Å². The lowest BCUT2D eigenvalue weighted by Crippen LogP contribution is -2.27. The monoisotopic (exact) mass is 232 g/mol. The van der Waals surface area contributed by atoms with Crippen molar-refractivity contribution in [2.75, 3.05) is 6.54 Å². The largest absolute Gasteiger partial charge is 0.301 e. The maximum Gasteiger partial charge on any atom is 0.152 e. The van der Waals surface area contributed by atoms with Gasteiger partial charge in [0.1, 0.15) is 12.4 Å². The second-order valence-corrected chi connectivity index (χ2v) is 3.74. The summed E-state index contributed by atoms with van der Waals surface area (Å²) >= 11 is 0. The fourth-order valence-corrected chi connectivity index (χ4v) is 1.61. The third-order valence-electron chi connectivity index (χ3n) is 2.45. The van der Waals surface area contributed by atoms with Gasteiger partial charge in [0.25, 0.3) is 0 Å². The molecule has 0 bridgehead atoms. The summed E-state index contributed by atoms with van der Waals surface area (Å²) in [6.07, 6.45) is 6.05. The fourth-order valence-electron chi connectivity index (χ4n) is 1.61. The fraction of sp³-hybridized carbons (Fsp3) is 0.455. The van der Waals surface area contributed by atoms with Crippen LogP contribution in [-0.2, 0) is 7.05 Å². The van der Waals surface area contributed by atoms with Crippen LogP contribution in [-0.4, -0.2) is 31.3 Å². The van der Waals surface area contributed by atoms with Crippen molar-refractivity contribution in [1.29, 1.82) is 0 Å². The molecule has 0 amide bonds. The van der Waals surface area contributed by atoms with Gasteiger partial charge in [-0.1, -0.05) is 6.92 Å². The minimum Gasteiger partial charge on any atom is -0.301 e. The van der Waals surface area contributed by atoms with Crippen LogP contribution in [0.25, 0.3) is 0 Å². The minimum absolute atomic E-state index is 0.108. The van der Waals surface area contributed by atoms with Crippen molar-refractivity contribution in [3.63, 3.8) is 0 Å². The molecule has 0 aromatic carbocycles. The highest BCUT2D eigenvalue weighted by Crippen LogP contribution is 2.14. The summed E-state index contributed by atoms with van der Waals surface area (Å²) < 4.78 is 1.74. The Balaban J connectivity index is 2.29. The topological polar surface area (TPSA) is 68.5 Å². The smallest absolute Gasteiger partial charge is 0.152 e. The lowest BCUT2D eigenvalue weighted by molar-refractivity contribution is 0.520. The predicted molar refractivity (Wildman–Crippen MR) is 63.2 cm³/mol. The zero-order valence-electron chi connectivity index (χ0n) is 10.0. The Labute approximate surface area is 100 Å². The van der Waals surface area contributed by atoms with Gasteiger partial charge in [-0.25, -0.2) is 15.0 Å². The zero-order valence-corrected chi connectivity index (χ0v) is 10.0. The van der Waals surface area contributed by atoms with Gasteiger partial charge in [0.05, 0.1) is 0 Å². The van der Waals surface area contributed by atoms with Crippen molar-refractivity contribution in [3.05, 3.63) is 36.4 Å². The molecule has 0 saturated heterocycles. The summed E-state index contributed by atoms with van der Waals surface area (Å²) in [7, 11) is 1.87. The number of aryl methyl sites for hydroxylation is 1. The van der Waals surface area contributed by atoms with Gasteiger partial charge in [-0.15, -0.1) is 0 Å². The average molecular weight is 232 g/mol. The Kier molecular flexibility index (Phi) is 3.77. The van der Waals surface area contributed by atoms with E-state index in [9.17, 15) is 0 Å². The second kappa shape index (κ2) is 5.49. The van der Waals surface area contributed by atoms with E-state index in [1.165, 1.54) is 0 Å². The highest BCUT2D eigenvalue weighted by atomic mass is 15.3. The van der Waals surface area contributed by atoms with Crippen LogP contribution in [0.15, 0.2) is 24.8 Å². The molecule has 1 atom stereocenters. The molecule has 1 unspecified atom stereocenters. The molecule has 6 heteroatoms. The first-order valence-corrected chi connectivity index (χ1v) is 5.67. The molecule has 2 aromatic rings. The number of nitrogens with one attached hydrogen (secondary N) is 1. The van der Waals surface area contributed by atoms with E-state index in [0.717, 1.165) is 24.6 Å². The highest BCUT2D eigenvalue weighted by Gasteiger charge is 2.20. The Morgan fingerprint density at radius 1 is 1.29 bits per heavy atom. The Bertz CT molecular complexity index is 452. The standard InChI is InChI=1S/C11H16N6/c1-3-5-12-9(10-13-6-4-7-14-10)11-15-8-16-17(11)2/h4,6-9,12H,3,5H2,1-2H3. The zero-order chi connectivity index (χ0) is 12.1. The van der Waals surface area contributed by atoms with Crippen molar-refractivity contribution in [3.8, 4) is 0 Å². The maximum atomic E-state index is 4.27. The van der Waals surface area contributed by atoms with Gasteiger partial charge in [0.2, 0.25) is 0 Å². The molecular formula is C11H16N6.